The standard InChI is InChI=1S/C58H107NO3/c1-3-5-7-9-11-13-15-17-19-21-23-25-27-28-29-30-32-34-36-38-40-42-44-46-48-50-52-54-58(62)59-56(55-60)57(61)53-51-49-47-45-43-41-39-37-35-33-31-26-24-22-20-18-16-14-12-10-8-6-4-2/h15,17,21,23,27-28,43,45,51,53,56-57,60-61H,3-14,16,18-20,22,24-26,29-42,44,46-50,52,54-55H2,1-2H3,(H,59,62)/b17-15-,23-21-,28-27-,45-43+,53-51+. The molecule has 1 amide bonds. The Bertz CT molecular complexity index is 1030. The second-order valence-electron chi connectivity index (χ2n) is 18.6. The average Bonchev–Trinajstić information content (AvgIpc) is 3.28. The van der Waals surface area contributed by atoms with E-state index in [9.17, 15) is 15.0 Å². The number of amides is 1. The van der Waals surface area contributed by atoms with Crippen molar-refractivity contribution in [2.75, 3.05) is 6.61 Å². The zero-order chi connectivity index (χ0) is 44.9. The summed E-state index contributed by atoms with van der Waals surface area (Å²) in [7, 11) is 0. The van der Waals surface area contributed by atoms with Crippen LogP contribution < -0.4 is 5.32 Å². The lowest BCUT2D eigenvalue weighted by molar-refractivity contribution is -0.123. The number of rotatable bonds is 50. The molecule has 3 N–H and O–H groups in total. The van der Waals surface area contributed by atoms with E-state index in [1.807, 2.05) is 6.08 Å². The van der Waals surface area contributed by atoms with Crippen LogP contribution in [-0.4, -0.2) is 34.9 Å². The first-order valence-electron chi connectivity index (χ1n) is 27.5. The fourth-order valence-electron chi connectivity index (χ4n) is 8.26. The van der Waals surface area contributed by atoms with Gasteiger partial charge in [0.2, 0.25) is 5.91 Å². The van der Waals surface area contributed by atoms with E-state index in [1.165, 1.54) is 218 Å². The molecule has 0 aromatic heterocycles. The van der Waals surface area contributed by atoms with Crippen LogP contribution in [0.15, 0.2) is 60.8 Å². The molecule has 0 spiro atoms. The number of hydrogen-bond acceptors (Lipinski definition) is 3. The van der Waals surface area contributed by atoms with Crippen LogP contribution in [0.2, 0.25) is 0 Å². The fraction of sp³-hybridized carbons (Fsp3) is 0.810. The van der Waals surface area contributed by atoms with Crippen molar-refractivity contribution in [2.45, 2.75) is 296 Å². The molecule has 2 atom stereocenters. The minimum absolute atomic E-state index is 0.0746. The van der Waals surface area contributed by atoms with Crippen LogP contribution in [0, 0.1) is 0 Å². The largest absolute Gasteiger partial charge is 0.394 e. The van der Waals surface area contributed by atoms with E-state index in [-0.39, 0.29) is 12.5 Å². The van der Waals surface area contributed by atoms with Gasteiger partial charge in [-0.2, -0.15) is 0 Å². The van der Waals surface area contributed by atoms with E-state index in [4.69, 9.17) is 0 Å². The van der Waals surface area contributed by atoms with Gasteiger partial charge in [0, 0.05) is 6.42 Å². The van der Waals surface area contributed by atoms with Crippen LogP contribution in [0.4, 0.5) is 0 Å². The number of aliphatic hydroxyl groups excluding tert-OH is 2. The molecule has 0 bridgehead atoms. The lowest BCUT2D eigenvalue weighted by atomic mass is 10.0. The van der Waals surface area contributed by atoms with Crippen LogP contribution in [0.1, 0.15) is 284 Å². The van der Waals surface area contributed by atoms with Crippen LogP contribution in [0.5, 0.6) is 0 Å². The summed E-state index contributed by atoms with van der Waals surface area (Å²) < 4.78 is 0. The third kappa shape index (κ3) is 49.1. The summed E-state index contributed by atoms with van der Waals surface area (Å²) in [6.45, 7) is 4.31. The molecule has 0 saturated heterocycles. The Morgan fingerprint density at radius 1 is 0.387 bits per heavy atom. The molecule has 0 aromatic carbocycles. The molecular weight excluding hydrogens is 759 g/mol. The Morgan fingerprint density at radius 2 is 0.677 bits per heavy atom. The molecule has 0 aromatic rings. The summed E-state index contributed by atoms with van der Waals surface area (Å²) in [5.74, 6) is -0.0746. The number of carbonyl (C=O) groups excluding carboxylic acids is 1. The van der Waals surface area contributed by atoms with Crippen LogP contribution in [0.25, 0.3) is 0 Å². The van der Waals surface area contributed by atoms with Gasteiger partial charge in [0.25, 0.3) is 0 Å². The number of carbonyl (C=O) groups is 1. The maximum Gasteiger partial charge on any atom is 0.220 e. The van der Waals surface area contributed by atoms with Crippen LogP contribution >= 0.6 is 0 Å². The van der Waals surface area contributed by atoms with Gasteiger partial charge in [-0.05, 0) is 70.6 Å². The van der Waals surface area contributed by atoms with Gasteiger partial charge in [-0.3, -0.25) is 4.79 Å². The van der Waals surface area contributed by atoms with Gasteiger partial charge in [0.1, 0.15) is 0 Å². The SMILES string of the molecule is CCCCCCC/C=C\C/C=C\C/C=C\CCCCCCCCCCCCCCC(=O)NC(CO)C(O)/C=C/CC/C=C/CCCCCCCCCCCCCCCCCCC. The van der Waals surface area contributed by atoms with Crippen molar-refractivity contribution in [2.24, 2.45) is 0 Å². The number of unbranched alkanes of at least 4 members (excludes halogenated alkanes) is 35. The summed E-state index contributed by atoms with van der Waals surface area (Å²) in [4.78, 5) is 12.5. The van der Waals surface area contributed by atoms with Gasteiger partial charge in [0.15, 0.2) is 0 Å². The first-order valence-corrected chi connectivity index (χ1v) is 27.5. The summed E-state index contributed by atoms with van der Waals surface area (Å²) in [6, 6.07) is -0.643. The normalized spacial score (nSPS) is 13.3. The van der Waals surface area contributed by atoms with Crippen molar-refractivity contribution in [3.8, 4) is 0 Å². The molecule has 4 heteroatoms. The second-order valence-corrected chi connectivity index (χ2v) is 18.6. The Labute approximate surface area is 387 Å². The Hall–Kier alpha value is -1.91. The molecule has 0 aliphatic carbocycles. The van der Waals surface area contributed by atoms with E-state index in [1.54, 1.807) is 6.08 Å². The van der Waals surface area contributed by atoms with Crippen molar-refractivity contribution < 1.29 is 15.0 Å². The lowest BCUT2D eigenvalue weighted by Gasteiger charge is -2.19. The fourth-order valence-corrected chi connectivity index (χ4v) is 8.26. The third-order valence-electron chi connectivity index (χ3n) is 12.5. The zero-order valence-corrected chi connectivity index (χ0v) is 41.6. The predicted molar refractivity (Wildman–Crippen MR) is 276 cm³/mol. The first kappa shape index (κ1) is 60.1. The van der Waals surface area contributed by atoms with E-state index in [0.717, 1.165) is 44.9 Å². The molecule has 0 heterocycles. The molecule has 0 radical (unpaired) electrons. The van der Waals surface area contributed by atoms with Crippen molar-refractivity contribution in [1.29, 1.82) is 0 Å². The quantitative estimate of drug-likeness (QED) is 0.0421. The minimum atomic E-state index is -0.866. The zero-order valence-electron chi connectivity index (χ0n) is 41.6. The molecule has 62 heavy (non-hydrogen) atoms. The van der Waals surface area contributed by atoms with Crippen LogP contribution in [-0.2, 0) is 4.79 Å². The molecule has 4 nitrogen and oxygen atoms in total. The topological polar surface area (TPSA) is 69.6 Å². The highest BCUT2D eigenvalue weighted by Crippen LogP contribution is 2.16. The van der Waals surface area contributed by atoms with Gasteiger partial charge >= 0.3 is 0 Å². The van der Waals surface area contributed by atoms with Gasteiger partial charge in [-0.25, -0.2) is 0 Å². The summed E-state index contributed by atoms with van der Waals surface area (Å²) in [5.41, 5.74) is 0. The minimum Gasteiger partial charge on any atom is -0.394 e. The monoisotopic (exact) mass is 866 g/mol. The Kier molecular flexibility index (Phi) is 51.8. The molecule has 2 unspecified atom stereocenters. The maximum atomic E-state index is 12.5. The second kappa shape index (κ2) is 53.4. The van der Waals surface area contributed by atoms with E-state index in [0.29, 0.717) is 6.42 Å². The molecule has 0 rings (SSSR count). The van der Waals surface area contributed by atoms with E-state index < -0.39 is 12.1 Å². The van der Waals surface area contributed by atoms with Crippen LogP contribution in [0.3, 0.4) is 0 Å². The van der Waals surface area contributed by atoms with Gasteiger partial charge < -0.3 is 15.5 Å². The summed E-state index contributed by atoms with van der Waals surface area (Å²) >= 11 is 0. The number of hydrogen-bond donors (Lipinski definition) is 3. The van der Waals surface area contributed by atoms with Gasteiger partial charge in [0.05, 0.1) is 18.8 Å². The number of nitrogens with one attached hydrogen (secondary N) is 1. The predicted octanol–water partition coefficient (Wildman–Crippen LogP) is 18.0. The van der Waals surface area contributed by atoms with Crippen molar-refractivity contribution in [3.63, 3.8) is 0 Å². The van der Waals surface area contributed by atoms with Crippen molar-refractivity contribution in [3.05, 3.63) is 60.8 Å². The van der Waals surface area contributed by atoms with E-state index in [2.05, 4.69) is 67.8 Å². The molecular formula is C58H107NO3. The Balaban J connectivity index is 3.56. The van der Waals surface area contributed by atoms with Crippen molar-refractivity contribution >= 4 is 5.91 Å². The molecule has 0 aliphatic heterocycles. The summed E-state index contributed by atoms with van der Waals surface area (Å²) in [5, 5.41) is 23.1. The highest BCUT2D eigenvalue weighted by atomic mass is 16.3. The maximum absolute atomic E-state index is 12.5. The first-order chi connectivity index (χ1) is 30.7. The molecule has 362 valence electrons. The van der Waals surface area contributed by atoms with Gasteiger partial charge in [-0.15, -0.1) is 0 Å². The highest BCUT2D eigenvalue weighted by Gasteiger charge is 2.18. The molecule has 0 fully saturated rings. The average molecular weight is 866 g/mol. The van der Waals surface area contributed by atoms with Gasteiger partial charge in [-0.1, -0.05) is 267 Å². The number of aliphatic hydroxyl groups is 2. The lowest BCUT2D eigenvalue weighted by Crippen LogP contribution is -2.45. The highest BCUT2D eigenvalue weighted by molar-refractivity contribution is 5.76. The molecule has 0 aliphatic rings. The smallest absolute Gasteiger partial charge is 0.220 e. The Morgan fingerprint density at radius 3 is 1.05 bits per heavy atom. The number of allylic oxidation sites excluding steroid dienone is 9. The van der Waals surface area contributed by atoms with Crippen molar-refractivity contribution in [1.82, 2.24) is 5.32 Å². The van der Waals surface area contributed by atoms with E-state index >= 15 is 0 Å². The molecule has 0 saturated carbocycles. The third-order valence-corrected chi connectivity index (χ3v) is 12.5. The summed E-state index contributed by atoms with van der Waals surface area (Å²) in [6.07, 6.45) is 75.1.